The fraction of sp³-hybridized carbons (Fsp3) is 0.308. The summed E-state index contributed by atoms with van der Waals surface area (Å²) in [6, 6.07) is 4.02. The Labute approximate surface area is 116 Å². The molecule has 0 aliphatic rings. The fourth-order valence-corrected chi connectivity index (χ4v) is 2.44. The Morgan fingerprint density at radius 3 is 2.74 bits per heavy atom. The van der Waals surface area contributed by atoms with E-state index in [0.717, 1.165) is 16.3 Å². The fourth-order valence-electron chi connectivity index (χ4n) is 1.53. The minimum atomic E-state index is 0.442. The molecule has 0 aliphatic carbocycles. The highest BCUT2D eigenvalue weighted by atomic mass is 32.1. The van der Waals surface area contributed by atoms with E-state index in [1.54, 1.807) is 11.1 Å². The van der Waals surface area contributed by atoms with Gasteiger partial charge in [0.25, 0.3) is 0 Å². The number of nitrogens with two attached hydrogens (primary N) is 1. The Morgan fingerprint density at radius 2 is 2.11 bits per heavy atom. The van der Waals surface area contributed by atoms with Gasteiger partial charge in [0.1, 0.15) is 0 Å². The lowest BCUT2D eigenvalue weighted by Crippen LogP contribution is -2.29. The molecule has 0 aromatic carbocycles. The van der Waals surface area contributed by atoms with Gasteiger partial charge >= 0.3 is 0 Å². The smallest absolute Gasteiger partial charge is 0.213 e. The van der Waals surface area contributed by atoms with E-state index < -0.39 is 0 Å². The molecule has 2 rings (SSSR count). The topological polar surface area (TPSA) is 67.4 Å². The molecule has 0 fully saturated rings. The van der Waals surface area contributed by atoms with E-state index in [4.69, 9.17) is 5.73 Å². The average Bonchev–Trinajstić information content (AvgIpc) is 2.70. The summed E-state index contributed by atoms with van der Waals surface area (Å²) in [6.45, 7) is 4.01. The number of aromatic nitrogens is 2. The van der Waals surface area contributed by atoms with E-state index in [1.165, 1.54) is 16.9 Å². The molecule has 5 nitrogen and oxygen atoms in total. The minimum absolute atomic E-state index is 0.442. The van der Waals surface area contributed by atoms with Crippen LogP contribution in [0.4, 0.5) is 5.13 Å². The van der Waals surface area contributed by atoms with Gasteiger partial charge in [-0.05, 0) is 31.5 Å². The zero-order valence-corrected chi connectivity index (χ0v) is 12.3. The van der Waals surface area contributed by atoms with Crippen molar-refractivity contribution < 1.29 is 0 Å². The highest BCUT2D eigenvalue weighted by Gasteiger charge is 2.11. The quantitative estimate of drug-likeness (QED) is 0.674. The van der Waals surface area contributed by atoms with Gasteiger partial charge in [0, 0.05) is 20.3 Å². The number of nitrogens with zero attached hydrogens (tertiary/aromatic N) is 4. The van der Waals surface area contributed by atoms with Crippen LogP contribution in [0.15, 0.2) is 23.3 Å². The lowest BCUT2D eigenvalue weighted by atomic mass is 10.2. The SMILES string of the molecule is Cc1ccnc(-c2sc(N=C(N)N(C)C)nc2C)c1. The normalized spacial score (nSPS) is 11.7. The number of guanidine groups is 1. The van der Waals surface area contributed by atoms with Crippen LogP contribution in [0.3, 0.4) is 0 Å². The molecule has 2 aromatic rings. The number of pyridine rings is 1. The third-order valence-corrected chi connectivity index (χ3v) is 3.68. The molecule has 0 radical (unpaired) electrons. The van der Waals surface area contributed by atoms with E-state index in [1.807, 2.05) is 40.1 Å². The van der Waals surface area contributed by atoms with Gasteiger partial charge in [-0.15, -0.1) is 0 Å². The molecule has 2 N–H and O–H groups in total. The Balaban J connectivity index is 2.40. The van der Waals surface area contributed by atoms with Crippen molar-refractivity contribution in [1.29, 1.82) is 0 Å². The first kappa shape index (κ1) is 13.5. The summed E-state index contributed by atoms with van der Waals surface area (Å²) in [5, 5.41) is 0.655. The van der Waals surface area contributed by atoms with Crippen LogP contribution >= 0.6 is 11.3 Å². The second-order valence-corrected chi connectivity index (χ2v) is 5.47. The van der Waals surface area contributed by atoms with Crippen molar-refractivity contribution in [2.45, 2.75) is 13.8 Å². The lowest BCUT2D eigenvalue weighted by Gasteiger charge is -2.08. The number of hydrogen-bond donors (Lipinski definition) is 1. The van der Waals surface area contributed by atoms with Crippen molar-refractivity contribution in [3.8, 4) is 10.6 Å². The molecule has 0 spiro atoms. The maximum atomic E-state index is 5.80. The second-order valence-electron chi connectivity index (χ2n) is 4.49. The minimum Gasteiger partial charge on any atom is -0.369 e. The summed E-state index contributed by atoms with van der Waals surface area (Å²) in [4.78, 5) is 15.9. The molecule has 0 amide bonds. The van der Waals surface area contributed by atoms with Crippen LogP contribution in [0.25, 0.3) is 10.6 Å². The van der Waals surface area contributed by atoms with Crippen molar-refractivity contribution in [2.24, 2.45) is 10.7 Å². The molecule has 0 bridgehead atoms. The first-order chi connectivity index (χ1) is 8.97. The summed E-state index contributed by atoms with van der Waals surface area (Å²) in [5.41, 5.74) is 8.83. The molecule has 0 aliphatic heterocycles. The average molecular weight is 275 g/mol. The van der Waals surface area contributed by atoms with Crippen molar-refractivity contribution in [1.82, 2.24) is 14.9 Å². The molecule has 0 atom stereocenters. The zero-order valence-electron chi connectivity index (χ0n) is 11.5. The van der Waals surface area contributed by atoms with Gasteiger partial charge in [0.2, 0.25) is 5.13 Å². The van der Waals surface area contributed by atoms with E-state index in [2.05, 4.69) is 15.0 Å². The van der Waals surface area contributed by atoms with Gasteiger partial charge in [-0.3, -0.25) is 4.98 Å². The largest absolute Gasteiger partial charge is 0.369 e. The predicted molar refractivity (Wildman–Crippen MR) is 79.8 cm³/mol. The Morgan fingerprint density at radius 1 is 1.37 bits per heavy atom. The second kappa shape index (κ2) is 5.36. The molecule has 6 heteroatoms. The van der Waals surface area contributed by atoms with Crippen LogP contribution in [0.1, 0.15) is 11.3 Å². The third-order valence-electron chi connectivity index (χ3n) is 2.60. The summed E-state index contributed by atoms with van der Waals surface area (Å²) in [7, 11) is 3.70. The first-order valence-electron chi connectivity index (χ1n) is 5.89. The Bertz CT molecular complexity index is 615. The molecule has 2 aromatic heterocycles. The first-order valence-corrected chi connectivity index (χ1v) is 6.71. The Hall–Kier alpha value is -1.95. The molecule has 19 heavy (non-hydrogen) atoms. The van der Waals surface area contributed by atoms with Crippen LogP contribution in [0.2, 0.25) is 0 Å². The predicted octanol–water partition coefficient (Wildman–Crippen LogP) is 2.33. The molecule has 0 unspecified atom stereocenters. The van der Waals surface area contributed by atoms with Crippen molar-refractivity contribution in [3.05, 3.63) is 29.6 Å². The lowest BCUT2D eigenvalue weighted by molar-refractivity contribution is 0.614. The van der Waals surface area contributed by atoms with Crippen molar-refractivity contribution >= 4 is 22.4 Å². The van der Waals surface area contributed by atoms with Crippen LogP contribution in [-0.4, -0.2) is 34.9 Å². The van der Waals surface area contributed by atoms with Gasteiger partial charge in [0.15, 0.2) is 5.96 Å². The number of aryl methyl sites for hydroxylation is 2. The van der Waals surface area contributed by atoms with E-state index >= 15 is 0 Å². The maximum absolute atomic E-state index is 5.80. The number of rotatable bonds is 2. The van der Waals surface area contributed by atoms with Gasteiger partial charge < -0.3 is 10.6 Å². The van der Waals surface area contributed by atoms with Crippen LogP contribution in [0.5, 0.6) is 0 Å². The zero-order chi connectivity index (χ0) is 14.0. The van der Waals surface area contributed by atoms with E-state index in [-0.39, 0.29) is 0 Å². The standard InChI is InChI=1S/C13H17N5S/c1-8-5-6-15-10(7-8)11-9(2)16-13(19-11)17-12(14)18(3)4/h5-7H,1-4H3,(H2,14,16,17). The van der Waals surface area contributed by atoms with Gasteiger partial charge in [0.05, 0.1) is 16.3 Å². The van der Waals surface area contributed by atoms with Crippen LogP contribution < -0.4 is 5.73 Å². The summed E-state index contributed by atoms with van der Waals surface area (Å²) in [6.07, 6.45) is 1.81. The van der Waals surface area contributed by atoms with Crippen molar-refractivity contribution in [2.75, 3.05) is 14.1 Å². The number of thiazole rings is 1. The van der Waals surface area contributed by atoms with Gasteiger partial charge in [-0.25, -0.2) is 4.98 Å². The molecule has 2 heterocycles. The van der Waals surface area contributed by atoms with E-state index in [0.29, 0.717) is 11.1 Å². The molecule has 0 saturated heterocycles. The maximum Gasteiger partial charge on any atom is 0.213 e. The summed E-state index contributed by atoms with van der Waals surface area (Å²) in [5.74, 6) is 0.442. The van der Waals surface area contributed by atoms with Crippen LogP contribution in [-0.2, 0) is 0 Å². The molecular formula is C13H17N5S. The number of hydrogen-bond acceptors (Lipinski definition) is 4. The molecular weight excluding hydrogens is 258 g/mol. The summed E-state index contributed by atoms with van der Waals surface area (Å²) < 4.78 is 0. The van der Waals surface area contributed by atoms with Gasteiger partial charge in [-0.1, -0.05) is 11.3 Å². The molecule has 0 saturated carbocycles. The monoisotopic (exact) mass is 275 g/mol. The Kier molecular flexibility index (Phi) is 3.80. The number of aliphatic imine (C=N–C) groups is 1. The highest BCUT2D eigenvalue weighted by molar-refractivity contribution is 7.18. The molecule has 100 valence electrons. The third kappa shape index (κ3) is 3.08. The van der Waals surface area contributed by atoms with E-state index in [9.17, 15) is 0 Å². The highest BCUT2D eigenvalue weighted by Crippen LogP contribution is 2.33. The van der Waals surface area contributed by atoms with Crippen molar-refractivity contribution in [3.63, 3.8) is 0 Å². The summed E-state index contributed by atoms with van der Waals surface area (Å²) >= 11 is 1.50. The van der Waals surface area contributed by atoms with Crippen LogP contribution in [0, 0.1) is 13.8 Å². The van der Waals surface area contributed by atoms with Gasteiger partial charge in [-0.2, -0.15) is 4.99 Å².